The van der Waals surface area contributed by atoms with Gasteiger partial charge in [-0.3, -0.25) is 24.5 Å². The van der Waals surface area contributed by atoms with Gasteiger partial charge in [-0.1, -0.05) is 0 Å². The Bertz CT molecular complexity index is 810. The molecule has 0 amide bonds. The van der Waals surface area contributed by atoms with Crippen molar-refractivity contribution in [3.05, 3.63) is 54.7 Å². The molecule has 0 aliphatic heterocycles. The highest BCUT2D eigenvalue weighted by Crippen LogP contribution is 2.06. The summed E-state index contributed by atoms with van der Waals surface area (Å²) < 4.78 is 0.939. The highest BCUT2D eigenvalue weighted by molar-refractivity contribution is 5.34. The maximum Gasteiger partial charge on any atom is 0.350 e. The third kappa shape index (κ3) is 3.09. The van der Waals surface area contributed by atoms with Crippen LogP contribution in [-0.2, 0) is 6.54 Å². The molecule has 0 atom stereocenters. The van der Waals surface area contributed by atoms with Crippen LogP contribution in [0.1, 0.15) is 11.5 Å². The van der Waals surface area contributed by atoms with E-state index in [2.05, 4.69) is 15.4 Å². The fraction of sp³-hybridized carbons (Fsp3) is 0.200. The lowest BCUT2D eigenvalue weighted by molar-refractivity contribution is -0.386. The molecule has 11 nitrogen and oxygen atoms in total. The van der Waals surface area contributed by atoms with Gasteiger partial charge in [0.2, 0.25) is 0 Å². The minimum atomic E-state index is -1.06. The summed E-state index contributed by atoms with van der Waals surface area (Å²) in [5.74, 6) is 5.80. The fourth-order valence-electron chi connectivity index (χ4n) is 1.67. The lowest BCUT2D eigenvalue weighted by Crippen LogP contribution is -2.31. The first-order valence-corrected chi connectivity index (χ1v) is 5.70. The molecular weight excluding hydrogens is 282 g/mol. The number of nitrogens with two attached hydrogens (primary N) is 1. The van der Waals surface area contributed by atoms with Gasteiger partial charge in [-0.15, -0.1) is 0 Å². The molecule has 21 heavy (non-hydrogen) atoms. The molecule has 0 spiro atoms. The van der Waals surface area contributed by atoms with Crippen molar-refractivity contribution in [3.8, 4) is 0 Å². The van der Waals surface area contributed by atoms with Crippen LogP contribution in [-0.4, -0.2) is 24.4 Å². The Morgan fingerprint density at radius 1 is 1.48 bits per heavy atom. The largest absolute Gasteiger partial charge is 0.350 e. The second-order valence-electron chi connectivity index (χ2n) is 4.11. The van der Waals surface area contributed by atoms with E-state index < -0.39 is 21.9 Å². The highest BCUT2D eigenvalue weighted by Gasteiger charge is 2.15. The molecule has 0 aromatic carbocycles. The van der Waals surface area contributed by atoms with E-state index in [1.54, 1.807) is 13.0 Å². The second kappa shape index (κ2) is 5.50. The minimum absolute atomic E-state index is 0.146. The highest BCUT2D eigenvalue weighted by atomic mass is 16.6. The lowest BCUT2D eigenvalue weighted by Gasteiger charge is -2.06. The van der Waals surface area contributed by atoms with Crippen molar-refractivity contribution < 1.29 is 4.92 Å². The van der Waals surface area contributed by atoms with Crippen molar-refractivity contribution >= 4 is 11.5 Å². The molecule has 2 heterocycles. The van der Waals surface area contributed by atoms with E-state index in [9.17, 15) is 19.7 Å². The molecule has 0 saturated carbocycles. The number of hydrogen-bond acceptors (Lipinski definition) is 8. The van der Waals surface area contributed by atoms with Crippen LogP contribution in [0.2, 0.25) is 0 Å². The summed E-state index contributed by atoms with van der Waals surface area (Å²) in [6, 6.07) is 1.58. The molecule has 110 valence electrons. The van der Waals surface area contributed by atoms with E-state index in [0.29, 0.717) is 11.5 Å². The molecule has 11 heteroatoms. The summed E-state index contributed by atoms with van der Waals surface area (Å²) in [4.78, 5) is 42.7. The van der Waals surface area contributed by atoms with E-state index in [-0.39, 0.29) is 12.4 Å². The van der Waals surface area contributed by atoms with Crippen LogP contribution in [0.25, 0.3) is 0 Å². The van der Waals surface area contributed by atoms with Crippen LogP contribution in [0, 0.1) is 17.0 Å². The number of hydrogen-bond donors (Lipinski definition) is 3. The van der Waals surface area contributed by atoms with Crippen LogP contribution >= 0.6 is 0 Å². The average Bonchev–Trinajstić information content (AvgIpc) is 2.40. The zero-order valence-electron chi connectivity index (χ0n) is 10.9. The van der Waals surface area contributed by atoms with Gasteiger partial charge < -0.3 is 5.43 Å². The maximum atomic E-state index is 11.6. The Kier molecular flexibility index (Phi) is 3.75. The van der Waals surface area contributed by atoms with Crippen molar-refractivity contribution in [2.45, 2.75) is 13.5 Å². The summed E-state index contributed by atoms with van der Waals surface area (Å²) in [7, 11) is 0. The van der Waals surface area contributed by atoms with Gasteiger partial charge in [0.15, 0.2) is 5.82 Å². The predicted octanol–water partition coefficient (Wildman–Crippen LogP) is -1.12. The van der Waals surface area contributed by atoms with Crippen molar-refractivity contribution in [1.29, 1.82) is 0 Å². The van der Waals surface area contributed by atoms with Gasteiger partial charge >= 0.3 is 16.9 Å². The number of aromatic nitrogens is 4. The van der Waals surface area contributed by atoms with Crippen molar-refractivity contribution in [1.82, 2.24) is 19.5 Å². The zero-order valence-corrected chi connectivity index (χ0v) is 10.9. The van der Waals surface area contributed by atoms with Gasteiger partial charge in [0.1, 0.15) is 5.82 Å². The molecule has 4 N–H and O–H groups in total. The molecule has 0 fully saturated rings. The van der Waals surface area contributed by atoms with Crippen LogP contribution in [0.3, 0.4) is 0 Å². The van der Waals surface area contributed by atoms with E-state index in [1.807, 2.05) is 4.98 Å². The van der Waals surface area contributed by atoms with Gasteiger partial charge in [0, 0.05) is 11.8 Å². The number of nitrogen functional groups attached to an aromatic ring is 1. The number of nitrogens with one attached hydrogen (secondary N) is 2. The number of aromatic amines is 1. The molecule has 2 rings (SSSR count). The number of nitrogens with zero attached hydrogens (tertiary/aromatic N) is 4. The molecule has 0 saturated heterocycles. The number of anilines is 1. The molecule has 0 aliphatic rings. The first-order valence-electron chi connectivity index (χ1n) is 5.70. The molecule has 0 radical (unpaired) electrons. The number of nitro groups is 1. The topological polar surface area (TPSA) is 162 Å². The maximum absolute atomic E-state index is 11.6. The quantitative estimate of drug-likeness (QED) is 0.362. The fourth-order valence-corrected chi connectivity index (χ4v) is 1.67. The van der Waals surface area contributed by atoms with Crippen LogP contribution in [0.15, 0.2) is 21.9 Å². The standard InChI is InChI=1S/C10H11N7O4/c1-5-2-7(15-11)13-8(12-5)4-16-3-6(17(20)21)9(18)14-10(16)19/h2-3H,4,11H2,1H3,(H,12,13,15)(H,14,18,19). The summed E-state index contributed by atoms with van der Waals surface area (Å²) in [5.41, 5.74) is 0.350. The Morgan fingerprint density at radius 2 is 2.19 bits per heavy atom. The summed E-state index contributed by atoms with van der Waals surface area (Å²) >= 11 is 0. The van der Waals surface area contributed by atoms with E-state index in [4.69, 9.17) is 5.84 Å². The van der Waals surface area contributed by atoms with Gasteiger partial charge in [-0.2, -0.15) is 0 Å². The van der Waals surface area contributed by atoms with Crippen molar-refractivity contribution in [3.63, 3.8) is 0 Å². The van der Waals surface area contributed by atoms with Crippen LogP contribution in [0.4, 0.5) is 11.5 Å². The second-order valence-corrected chi connectivity index (χ2v) is 4.11. The normalized spacial score (nSPS) is 10.4. The van der Waals surface area contributed by atoms with Gasteiger partial charge in [-0.25, -0.2) is 20.6 Å². The molecule has 0 bridgehead atoms. The van der Waals surface area contributed by atoms with Gasteiger partial charge in [0.25, 0.3) is 0 Å². The van der Waals surface area contributed by atoms with E-state index in [1.165, 1.54) is 0 Å². The Balaban J connectivity index is 2.47. The van der Waals surface area contributed by atoms with Gasteiger partial charge in [-0.05, 0) is 6.92 Å². The number of H-pyrrole nitrogens is 1. The van der Waals surface area contributed by atoms with Gasteiger partial charge in [0.05, 0.1) is 17.7 Å². The molecule has 0 aliphatic carbocycles. The van der Waals surface area contributed by atoms with E-state index >= 15 is 0 Å². The van der Waals surface area contributed by atoms with E-state index in [0.717, 1.165) is 10.8 Å². The number of hydrazine groups is 1. The number of rotatable bonds is 4. The molecule has 0 unspecified atom stereocenters. The Labute approximate surface area is 116 Å². The van der Waals surface area contributed by atoms with Crippen LogP contribution in [0.5, 0.6) is 0 Å². The molecule has 2 aromatic rings. The Morgan fingerprint density at radius 3 is 2.81 bits per heavy atom. The van der Waals surface area contributed by atoms with Crippen molar-refractivity contribution in [2.75, 3.05) is 5.43 Å². The monoisotopic (exact) mass is 293 g/mol. The summed E-state index contributed by atoms with van der Waals surface area (Å²) in [6.45, 7) is 1.55. The molecule has 2 aromatic heterocycles. The average molecular weight is 293 g/mol. The van der Waals surface area contributed by atoms with Crippen LogP contribution < -0.4 is 22.5 Å². The lowest BCUT2D eigenvalue weighted by atomic mass is 10.4. The zero-order chi connectivity index (χ0) is 15.6. The first kappa shape index (κ1) is 14.3. The SMILES string of the molecule is Cc1cc(NN)nc(Cn2cc([N+](=O)[O-])c(=O)[nH]c2=O)n1. The summed E-state index contributed by atoms with van der Waals surface area (Å²) in [6.07, 6.45) is 0.850. The summed E-state index contributed by atoms with van der Waals surface area (Å²) in [5, 5.41) is 10.7. The first-order chi connectivity index (χ1) is 9.90. The molecular formula is C10H11N7O4. The van der Waals surface area contributed by atoms with Crippen molar-refractivity contribution in [2.24, 2.45) is 5.84 Å². The Hall–Kier alpha value is -3.08. The number of aryl methyl sites for hydroxylation is 1. The smallest absolute Gasteiger partial charge is 0.308 e. The minimum Gasteiger partial charge on any atom is -0.308 e. The third-order valence-corrected chi connectivity index (χ3v) is 2.55. The third-order valence-electron chi connectivity index (χ3n) is 2.55. The predicted molar refractivity (Wildman–Crippen MR) is 71.7 cm³/mol.